The normalized spacial score (nSPS) is 18.1. The van der Waals surface area contributed by atoms with E-state index in [1.54, 1.807) is 6.07 Å². The summed E-state index contributed by atoms with van der Waals surface area (Å²) in [7, 11) is 0. The fourth-order valence-corrected chi connectivity index (χ4v) is 2.23. The molecule has 0 radical (unpaired) electrons. The number of nitrogen functional groups attached to an aromatic ring is 1. The number of amides is 1. The molecule has 1 aliphatic heterocycles. The van der Waals surface area contributed by atoms with E-state index >= 15 is 0 Å². The van der Waals surface area contributed by atoms with E-state index in [2.05, 4.69) is 16.4 Å². The Hall–Kier alpha value is -2.33. The number of hydrogen-bond acceptors (Lipinski definition) is 6. The monoisotopic (exact) mass is 289 g/mol. The molecule has 0 aliphatic carbocycles. The zero-order valence-electron chi connectivity index (χ0n) is 12.0. The Morgan fingerprint density at radius 1 is 1.71 bits per heavy atom. The van der Waals surface area contributed by atoms with Gasteiger partial charge in [-0.3, -0.25) is 4.79 Å². The number of carbonyl (C=O) groups excluding carboxylic acids is 1. The maximum absolute atomic E-state index is 12.2. The summed E-state index contributed by atoms with van der Waals surface area (Å²) < 4.78 is 5.39. The quantitative estimate of drug-likeness (QED) is 0.824. The van der Waals surface area contributed by atoms with Crippen molar-refractivity contribution in [2.45, 2.75) is 19.4 Å². The van der Waals surface area contributed by atoms with Crippen molar-refractivity contribution in [1.82, 2.24) is 10.3 Å². The topological polar surface area (TPSA) is 104 Å². The number of carbonyl (C=O) groups is 1. The molecule has 1 fully saturated rings. The van der Waals surface area contributed by atoms with Crippen LogP contribution >= 0.6 is 0 Å². The highest BCUT2D eigenvalue weighted by Crippen LogP contribution is 2.23. The third kappa shape index (κ3) is 3.41. The molecule has 0 spiro atoms. The molecule has 0 aromatic carbocycles. The van der Waals surface area contributed by atoms with Gasteiger partial charge in [-0.25, -0.2) is 4.98 Å². The molecule has 21 heavy (non-hydrogen) atoms. The predicted octanol–water partition coefficient (Wildman–Crippen LogP) is 0.267. The Labute approximate surface area is 123 Å². The number of nitriles is 1. The smallest absolute Gasteiger partial charge is 0.245 e. The lowest BCUT2D eigenvalue weighted by molar-refractivity contribution is -0.124. The summed E-state index contributed by atoms with van der Waals surface area (Å²) in [4.78, 5) is 18.3. The summed E-state index contributed by atoms with van der Waals surface area (Å²) >= 11 is 0. The van der Waals surface area contributed by atoms with E-state index in [9.17, 15) is 10.1 Å². The standard InChI is InChI=1S/C14H19N5O2/c1-2-3-17-14(20)12-9-21-5-4-19(12)13-10(7-15)6-11(16)8-18-13/h6,8,12H,2-5,9,16H2,1H3,(H,17,20). The highest BCUT2D eigenvalue weighted by Gasteiger charge is 2.31. The second-order valence-electron chi connectivity index (χ2n) is 4.83. The molecule has 1 aliphatic rings. The minimum Gasteiger partial charge on any atom is -0.397 e. The van der Waals surface area contributed by atoms with E-state index in [4.69, 9.17) is 10.5 Å². The summed E-state index contributed by atoms with van der Waals surface area (Å²) in [6, 6.07) is 3.17. The number of nitrogens with zero attached hydrogens (tertiary/aromatic N) is 3. The summed E-state index contributed by atoms with van der Waals surface area (Å²) in [5, 5.41) is 12.1. The van der Waals surface area contributed by atoms with Gasteiger partial charge in [0, 0.05) is 13.1 Å². The van der Waals surface area contributed by atoms with Crippen LogP contribution in [0.5, 0.6) is 0 Å². The zero-order valence-corrected chi connectivity index (χ0v) is 12.0. The third-order valence-corrected chi connectivity index (χ3v) is 3.26. The van der Waals surface area contributed by atoms with Gasteiger partial charge in [-0.2, -0.15) is 5.26 Å². The van der Waals surface area contributed by atoms with E-state index in [-0.39, 0.29) is 12.5 Å². The van der Waals surface area contributed by atoms with Gasteiger partial charge in [0.05, 0.1) is 30.7 Å². The highest BCUT2D eigenvalue weighted by molar-refractivity contribution is 5.85. The Morgan fingerprint density at radius 3 is 3.24 bits per heavy atom. The summed E-state index contributed by atoms with van der Waals surface area (Å²) in [6.45, 7) is 3.89. The number of ether oxygens (including phenoxy) is 1. The Balaban J connectivity index is 2.27. The van der Waals surface area contributed by atoms with Crippen molar-refractivity contribution < 1.29 is 9.53 Å². The average Bonchev–Trinajstić information content (AvgIpc) is 2.52. The van der Waals surface area contributed by atoms with Crippen molar-refractivity contribution >= 4 is 17.4 Å². The molecule has 7 heteroatoms. The predicted molar refractivity (Wildman–Crippen MR) is 78.6 cm³/mol. The number of nitrogens with one attached hydrogen (secondary N) is 1. The number of morpholine rings is 1. The van der Waals surface area contributed by atoms with Crippen LogP contribution in [-0.2, 0) is 9.53 Å². The van der Waals surface area contributed by atoms with Gasteiger partial charge >= 0.3 is 0 Å². The van der Waals surface area contributed by atoms with Gasteiger partial charge in [-0.1, -0.05) is 6.92 Å². The SMILES string of the molecule is CCCNC(=O)C1COCCN1c1ncc(N)cc1C#N. The minimum atomic E-state index is -0.478. The van der Waals surface area contributed by atoms with Crippen LogP contribution in [-0.4, -0.2) is 43.2 Å². The number of nitrogens with two attached hydrogens (primary N) is 1. The largest absolute Gasteiger partial charge is 0.397 e. The summed E-state index contributed by atoms with van der Waals surface area (Å²) in [5.74, 6) is 0.366. The lowest BCUT2D eigenvalue weighted by Gasteiger charge is -2.35. The highest BCUT2D eigenvalue weighted by atomic mass is 16.5. The van der Waals surface area contributed by atoms with Gasteiger partial charge in [0.15, 0.2) is 0 Å². The van der Waals surface area contributed by atoms with Crippen molar-refractivity contribution in [1.29, 1.82) is 5.26 Å². The van der Waals surface area contributed by atoms with Gasteiger partial charge in [0.1, 0.15) is 17.9 Å². The maximum Gasteiger partial charge on any atom is 0.245 e. The van der Waals surface area contributed by atoms with Crippen LogP contribution in [0.25, 0.3) is 0 Å². The molecular formula is C14H19N5O2. The number of aromatic nitrogens is 1. The van der Waals surface area contributed by atoms with Gasteiger partial charge in [-0.15, -0.1) is 0 Å². The lowest BCUT2D eigenvalue weighted by atomic mass is 10.1. The first-order chi connectivity index (χ1) is 10.2. The average molecular weight is 289 g/mol. The third-order valence-electron chi connectivity index (χ3n) is 3.26. The Kier molecular flexibility index (Phi) is 4.95. The molecule has 1 saturated heterocycles. The van der Waals surface area contributed by atoms with Crippen LogP contribution in [0.15, 0.2) is 12.3 Å². The van der Waals surface area contributed by atoms with Gasteiger partial charge in [-0.05, 0) is 12.5 Å². The van der Waals surface area contributed by atoms with E-state index in [1.165, 1.54) is 6.20 Å². The van der Waals surface area contributed by atoms with E-state index in [1.807, 2.05) is 11.8 Å². The Bertz CT molecular complexity index is 555. The molecule has 0 bridgehead atoms. The fraction of sp³-hybridized carbons (Fsp3) is 0.500. The molecule has 1 amide bonds. The number of anilines is 2. The van der Waals surface area contributed by atoms with E-state index in [0.29, 0.717) is 36.8 Å². The van der Waals surface area contributed by atoms with Crippen LogP contribution in [0.1, 0.15) is 18.9 Å². The lowest BCUT2D eigenvalue weighted by Crippen LogP contribution is -2.54. The molecule has 1 unspecified atom stereocenters. The molecule has 2 heterocycles. The molecule has 0 saturated carbocycles. The van der Waals surface area contributed by atoms with Crippen LogP contribution in [0.3, 0.4) is 0 Å². The van der Waals surface area contributed by atoms with Crippen LogP contribution in [0.2, 0.25) is 0 Å². The minimum absolute atomic E-state index is 0.112. The second-order valence-corrected chi connectivity index (χ2v) is 4.83. The van der Waals surface area contributed by atoms with Crippen molar-refractivity contribution in [3.8, 4) is 6.07 Å². The first-order valence-corrected chi connectivity index (χ1v) is 6.95. The number of rotatable bonds is 4. The van der Waals surface area contributed by atoms with Gasteiger partial charge in [0.2, 0.25) is 5.91 Å². The van der Waals surface area contributed by atoms with Crippen molar-refractivity contribution in [2.75, 3.05) is 36.9 Å². The summed E-state index contributed by atoms with van der Waals surface area (Å²) in [6.07, 6.45) is 2.36. The molecule has 7 nitrogen and oxygen atoms in total. The van der Waals surface area contributed by atoms with Crippen LogP contribution in [0, 0.1) is 11.3 Å². The molecule has 1 atom stereocenters. The molecule has 112 valence electrons. The van der Waals surface area contributed by atoms with E-state index < -0.39 is 6.04 Å². The van der Waals surface area contributed by atoms with Crippen LogP contribution in [0.4, 0.5) is 11.5 Å². The first-order valence-electron chi connectivity index (χ1n) is 6.95. The summed E-state index contributed by atoms with van der Waals surface area (Å²) in [5.41, 5.74) is 6.45. The molecule has 3 N–H and O–H groups in total. The van der Waals surface area contributed by atoms with E-state index in [0.717, 1.165) is 6.42 Å². The second kappa shape index (κ2) is 6.90. The Morgan fingerprint density at radius 2 is 2.52 bits per heavy atom. The van der Waals surface area contributed by atoms with Crippen LogP contribution < -0.4 is 16.0 Å². The number of pyridine rings is 1. The maximum atomic E-state index is 12.2. The van der Waals surface area contributed by atoms with Crippen molar-refractivity contribution in [3.63, 3.8) is 0 Å². The van der Waals surface area contributed by atoms with Crippen molar-refractivity contribution in [2.24, 2.45) is 0 Å². The van der Waals surface area contributed by atoms with Crippen molar-refractivity contribution in [3.05, 3.63) is 17.8 Å². The molecule has 2 rings (SSSR count). The zero-order chi connectivity index (χ0) is 15.2. The van der Waals surface area contributed by atoms with Gasteiger partial charge in [0.25, 0.3) is 0 Å². The molecular weight excluding hydrogens is 270 g/mol. The number of hydrogen-bond donors (Lipinski definition) is 2. The molecule has 1 aromatic heterocycles. The molecule has 1 aromatic rings. The fourth-order valence-electron chi connectivity index (χ4n) is 2.23. The van der Waals surface area contributed by atoms with Gasteiger partial charge < -0.3 is 20.7 Å². The first kappa shape index (κ1) is 15.1.